The van der Waals surface area contributed by atoms with Crippen molar-refractivity contribution in [3.8, 4) is 5.75 Å². The molecule has 0 radical (unpaired) electrons. The molecule has 0 N–H and O–H groups in total. The van der Waals surface area contributed by atoms with Crippen molar-refractivity contribution >= 4 is 21.9 Å². The van der Waals surface area contributed by atoms with Crippen molar-refractivity contribution in [2.24, 2.45) is 0 Å². The van der Waals surface area contributed by atoms with Crippen LogP contribution < -0.4 is 10.2 Å². The fraction of sp³-hybridized carbons (Fsp3) is 0.381. The number of hydrogen-bond acceptors (Lipinski definition) is 4. The number of fused-ring (bicyclic) bond motifs is 2. The van der Waals surface area contributed by atoms with Crippen LogP contribution in [0.15, 0.2) is 51.7 Å². The van der Waals surface area contributed by atoms with Crippen LogP contribution in [0, 0.1) is 0 Å². The van der Waals surface area contributed by atoms with Gasteiger partial charge < -0.3 is 9.15 Å². The molecule has 4 rings (SSSR count). The number of likely N-dealkylation sites (tertiary alicyclic amines) is 1. The summed E-state index contributed by atoms with van der Waals surface area (Å²) in [4.78, 5) is 15.0. The van der Waals surface area contributed by atoms with E-state index in [1.165, 1.54) is 38.8 Å². The summed E-state index contributed by atoms with van der Waals surface area (Å²) in [5.41, 5.74) is 1.20. The Kier molecular flexibility index (Phi) is 4.70. The van der Waals surface area contributed by atoms with E-state index in [0.29, 0.717) is 28.5 Å². The second-order valence-corrected chi connectivity index (χ2v) is 6.69. The first-order chi connectivity index (χ1) is 12.3. The summed E-state index contributed by atoms with van der Waals surface area (Å²) in [5, 5.41) is 1.21. The predicted octanol–water partition coefficient (Wildman–Crippen LogP) is 4.20. The largest absolute Gasteiger partial charge is 0.492 e. The molecule has 4 nitrogen and oxygen atoms in total. The second kappa shape index (κ2) is 7.28. The van der Waals surface area contributed by atoms with E-state index in [1.807, 2.05) is 30.3 Å². The van der Waals surface area contributed by atoms with Crippen molar-refractivity contribution in [2.75, 3.05) is 26.2 Å². The van der Waals surface area contributed by atoms with Crippen LogP contribution in [0.25, 0.3) is 21.9 Å². The summed E-state index contributed by atoms with van der Waals surface area (Å²) in [6.07, 6.45) is 5.26. The van der Waals surface area contributed by atoms with Gasteiger partial charge in [-0.2, -0.15) is 0 Å². The van der Waals surface area contributed by atoms with Gasteiger partial charge in [-0.05, 0) is 50.2 Å². The Balaban J connectivity index is 1.51. The van der Waals surface area contributed by atoms with Gasteiger partial charge in [-0.1, -0.05) is 25.0 Å². The number of para-hydroxylation sites is 1. The van der Waals surface area contributed by atoms with Gasteiger partial charge in [0.2, 0.25) is 5.43 Å². The molecule has 0 spiro atoms. The van der Waals surface area contributed by atoms with Crippen molar-refractivity contribution in [3.05, 3.63) is 52.7 Å². The van der Waals surface area contributed by atoms with E-state index in [1.54, 1.807) is 12.1 Å². The molecule has 2 aromatic carbocycles. The summed E-state index contributed by atoms with van der Waals surface area (Å²) in [6, 6.07) is 12.8. The zero-order valence-electron chi connectivity index (χ0n) is 14.4. The smallest absolute Gasteiger partial charge is 0.200 e. The highest BCUT2D eigenvalue weighted by Crippen LogP contribution is 2.23. The highest BCUT2D eigenvalue weighted by Gasteiger charge is 2.10. The molecule has 4 heteroatoms. The Morgan fingerprint density at radius 1 is 0.920 bits per heavy atom. The molecule has 2 heterocycles. The molecule has 3 aromatic rings. The van der Waals surface area contributed by atoms with Gasteiger partial charge in [0.25, 0.3) is 0 Å². The van der Waals surface area contributed by atoms with Gasteiger partial charge in [-0.15, -0.1) is 0 Å². The summed E-state index contributed by atoms with van der Waals surface area (Å²) < 4.78 is 11.8. The van der Waals surface area contributed by atoms with Crippen LogP contribution in [0.2, 0.25) is 0 Å². The molecule has 130 valence electrons. The minimum Gasteiger partial charge on any atom is -0.492 e. The van der Waals surface area contributed by atoms with Gasteiger partial charge in [0.1, 0.15) is 23.5 Å². The van der Waals surface area contributed by atoms with E-state index >= 15 is 0 Å². The maximum atomic E-state index is 12.5. The first kappa shape index (κ1) is 16.2. The predicted molar refractivity (Wildman–Crippen MR) is 100 cm³/mol. The Bertz CT molecular complexity index is 923. The lowest BCUT2D eigenvalue weighted by atomic mass is 10.1. The topological polar surface area (TPSA) is 42.7 Å². The Hall–Kier alpha value is -2.33. The third-order valence-corrected chi connectivity index (χ3v) is 4.92. The highest BCUT2D eigenvalue weighted by molar-refractivity contribution is 5.90. The number of hydrogen-bond donors (Lipinski definition) is 0. The van der Waals surface area contributed by atoms with E-state index in [9.17, 15) is 4.79 Å². The van der Waals surface area contributed by atoms with Crippen LogP contribution in [0.5, 0.6) is 5.75 Å². The van der Waals surface area contributed by atoms with Gasteiger partial charge in [0.15, 0.2) is 0 Å². The van der Waals surface area contributed by atoms with E-state index < -0.39 is 0 Å². The summed E-state index contributed by atoms with van der Waals surface area (Å²) in [6.45, 7) is 3.94. The molecule has 1 aliphatic heterocycles. The molecule has 0 atom stereocenters. The first-order valence-corrected chi connectivity index (χ1v) is 9.12. The standard InChI is InChI=1S/C21H23NO3/c23-21-17-7-3-4-8-19(17)25-20-15-16(9-10-18(20)21)24-14-13-22-11-5-1-2-6-12-22/h3-4,7-10,15H,1-2,5-6,11-14H2. The van der Waals surface area contributed by atoms with Crippen molar-refractivity contribution in [2.45, 2.75) is 25.7 Å². The molecule has 1 saturated heterocycles. The van der Waals surface area contributed by atoms with Crippen LogP contribution >= 0.6 is 0 Å². The molecule has 0 unspecified atom stereocenters. The Morgan fingerprint density at radius 2 is 1.68 bits per heavy atom. The summed E-state index contributed by atoms with van der Waals surface area (Å²) in [5.74, 6) is 0.751. The van der Waals surface area contributed by atoms with Crippen molar-refractivity contribution < 1.29 is 9.15 Å². The maximum Gasteiger partial charge on any atom is 0.200 e. The Morgan fingerprint density at radius 3 is 2.52 bits per heavy atom. The van der Waals surface area contributed by atoms with E-state index in [-0.39, 0.29) is 5.43 Å². The second-order valence-electron chi connectivity index (χ2n) is 6.69. The molecule has 1 fully saturated rings. The van der Waals surface area contributed by atoms with Crippen molar-refractivity contribution in [3.63, 3.8) is 0 Å². The number of nitrogens with zero attached hydrogens (tertiary/aromatic N) is 1. The van der Waals surface area contributed by atoms with Crippen LogP contribution in [0.4, 0.5) is 0 Å². The van der Waals surface area contributed by atoms with E-state index in [2.05, 4.69) is 4.90 Å². The van der Waals surface area contributed by atoms with Crippen molar-refractivity contribution in [1.82, 2.24) is 4.90 Å². The minimum absolute atomic E-state index is 0.00738. The highest BCUT2D eigenvalue weighted by atomic mass is 16.5. The van der Waals surface area contributed by atoms with E-state index in [4.69, 9.17) is 9.15 Å². The number of rotatable bonds is 4. The van der Waals surface area contributed by atoms with Crippen LogP contribution in [-0.4, -0.2) is 31.1 Å². The monoisotopic (exact) mass is 337 g/mol. The SMILES string of the molecule is O=c1c2ccccc2oc2cc(OCCN3CCCCCC3)ccc12. The molecule has 0 aliphatic carbocycles. The van der Waals surface area contributed by atoms with Crippen LogP contribution in [0.3, 0.4) is 0 Å². The lowest BCUT2D eigenvalue weighted by Crippen LogP contribution is -2.29. The van der Waals surface area contributed by atoms with Gasteiger partial charge in [0, 0.05) is 12.6 Å². The van der Waals surface area contributed by atoms with E-state index in [0.717, 1.165) is 12.3 Å². The zero-order chi connectivity index (χ0) is 17.1. The molecular formula is C21H23NO3. The normalized spacial score (nSPS) is 16.2. The summed E-state index contributed by atoms with van der Waals surface area (Å²) in [7, 11) is 0. The maximum absolute atomic E-state index is 12.5. The third kappa shape index (κ3) is 3.54. The lowest BCUT2D eigenvalue weighted by molar-refractivity contribution is 0.214. The third-order valence-electron chi connectivity index (χ3n) is 4.92. The first-order valence-electron chi connectivity index (χ1n) is 9.12. The molecule has 0 bridgehead atoms. The fourth-order valence-corrected chi connectivity index (χ4v) is 3.52. The summed E-state index contributed by atoms with van der Waals surface area (Å²) >= 11 is 0. The molecule has 25 heavy (non-hydrogen) atoms. The number of benzene rings is 2. The fourth-order valence-electron chi connectivity index (χ4n) is 3.52. The van der Waals surface area contributed by atoms with Crippen molar-refractivity contribution in [1.29, 1.82) is 0 Å². The molecule has 0 saturated carbocycles. The van der Waals surface area contributed by atoms with Crippen LogP contribution in [0.1, 0.15) is 25.7 Å². The van der Waals surface area contributed by atoms with Gasteiger partial charge in [0.05, 0.1) is 10.8 Å². The molecular weight excluding hydrogens is 314 g/mol. The Labute approximate surface area is 147 Å². The molecule has 1 aromatic heterocycles. The van der Waals surface area contributed by atoms with Gasteiger partial charge in [-0.3, -0.25) is 9.69 Å². The van der Waals surface area contributed by atoms with Crippen LogP contribution in [-0.2, 0) is 0 Å². The molecule has 0 amide bonds. The van der Waals surface area contributed by atoms with Gasteiger partial charge >= 0.3 is 0 Å². The minimum atomic E-state index is 0.00738. The quantitative estimate of drug-likeness (QED) is 0.669. The van der Waals surface area contributed by atoms with Gasteiger partial charge in [-0.25, -0.2) is 0 Å². The lowest BCUT2D eigenvalue weighted by Gasteiger charge is -2.19. The molecule has 1 aliphatic rings. The average molecular weight is 337 g/mol. The zero-order valence-corrected chi connectivity index (χ0v) is 14.4. The average Bonchev–Trinajstić information content (AvgIpc) is 2.91. The number of ether oxygens (including phenoxy) is 1.